The fourth-order valence-electron chi connectivity index (χ4n) is 2.28. The summed E-state index contributed by atoms with van der Waals surface area (Å²) >= 11 is 0. The van der Waals surface area contributed by atoms with E-state index < -0.39 is 0 Å². The van der Waals surface area contributed by atoms with Crippen molar-refractivity contribution in [2.75, 3.05) is 23.3 Å². The van der Waals surface area contributed by atoms with E-state index in [4.69, 9.17) is 0 Å². The summed E-state index contributed by atoms with van der Waals surface area (Å²) in [4.78, 5) is 14.1. The Balaban J connectivity index is 2.42. The maximum Gasteiger partial charge on any atom is 0.224 e. The molecule has 1 aromatic carbocycles. The van der Waals surface area contributed by atoms with Gasteiger partial charge in [0, 0.05) is 30.9 Å². The zero-order valence-corrected chi connectivity index (χ0v) is 13.1. The van der Waals surface area contributed by atoms with Crippen LogP contribution < -0.4 is 10.2 Å². The van der Waals surface area contributed by atoms with Gasteiger partial charge in [0.05, 0.1) is 0 Å². The molecule has 0 saturated heterocycles. The number of hydrogen-bond acceptors (Lipinski definition) is 2. The van der Waals surface area contributed by atoms with E-state index >= 15 is 0 Å². The highest BCUT2D eigenvalue weighted by Crippen LogP contribution is 2.18. The number of hydrogen-bond donors (Lipinski definition) is 1. The van der Waals surface area contributed by atoms with Gasteiger partial charge in [0.25, 0.3) is 0 Å². The first-order valence-corrected chi connectivity index (χ1v) is 7.86. The smallest absolute Gasteiger partial charge is 0.224 e. The van der Waals surface area contributed by atoms with E-state index in [2.05, 4.69) is 43.1 Å². The molecule has 0 aromatic heterocycles. The molecule has 0 aliphatic heterocycles. The minimum Gasteiger partial charge on any atom is -0.372 e. The summed E-state index contributed by atoms with van der Waals surface area (Å²) in [6.45, 7) is 8.47. The van der Waals surface area contributed by atoms with E-state index in [1.165, 1.54) is 18.5 Å². The molecule has 0 fully saturated rings. The van der Waals surface area contributed by atoms with Gasteiger partial charge < -0.3 is 10.2 Å². The predicted molar refractivity (Wildman–Crippen MR) is 87.4 cm³/mol. The van der Waals surface area contributed by atoms with Crippen LogP contribution in [0.4, 0.5) is 11.4 Å². The predicted octanol–water partition coefficient (Wildman–Crippen LogP) is 4.44. The SMILES string of the molecule is CCCCCCC(=O)Nc1ccc(N(CC)CC)cc1. The van der Waals surface area contributed by atoms with Gasteiger partial charge in [-0.3, -0.25) is 4.79 Å². The highest BCUT2D eigenvalue weighted by Gasteiger charge is 2.04. The van der Waals surface area contributed by atoms with Gasteiger partial charge >= 0.3 is 0 Å². The number of amides is 1. The van der Waals surface area contributed by atoms with Crippen molar-refractivity contribution in [2.45, 2.75) is 52.9 Å². The lowest BCUT2D eigenvalue weighted by atomic mass is 10.1. The first-order valence-electron chi connectivity index (χ1n) is 7.86. The van der Waals surface area contributed by atoms with Crippen molar-refractivity contribution in [3.05, 3.63) is 24.3 Å². The van der Waals surface area contributed by atoms with Crippen LogP contribution in [0.15, 0.2) is 24.3 Å². The Morgan fingerprint density at radius 1 is 1.00 bits per heavy atom. The number of unbranched alkanes of at least 4 members (excludes halogenated alkanes) is 3. The fraction of sp³-hybridized carbons (Fsp3) is 0.588. The summed E-state index contributed by atoms with van der Waals surface area (Å²) in [6.07, 6.45) is 5.17. The molecule has 0 radical (unpaired) electrons. The zero-order chi connectivity index (χ0) is 14.8. The van der Waals surface area contributed by atoms with Crippen molar-refractivity contribution < 1.29 is 4.79 Å². The van der Waals surface area contributed by atoms with Crippen molar-refractivity contribution in [2.24, 2.45) is 0 Å². The van der Waals surface area contributed by atoms with Crippen LogP contribution in [0.1, 0.15) is 52.9 Å². The monoisotopic (exact) mass is 276 g/mol. The molecule has 3 heteroatoms. The van der Waals surface area contributed by atoms with E-state index in [1.54, 1.807) is 0 Å². The largest absolute Gasteiger partial charge is 0.372 e. The number of rotatable bonds is 9. The molecule has 1 aromatic rings. The quantitative estimate of drug-likeness (QED) is 0.676. The Bertz CT molecular complexity index is 382. The zero-order valence-electron chi connectivity index (χ0n) is 13.1. The van der Waals surface area contributed by atoms with Gasteiger partial charge in [-0.2, -0.15) is 0 Å². The highest BCUT2D eigenvalue weighted by atomic mass is 16.1. The number of nitrogens with zero attached hydrogens (tertiary/aromatic N) is 1. The molecule has 1 amide bonds. The molecule has 0 heterocycles. The van der Waals surface area contributed by atoms with Crippen LogP contribution in [0.25, 0.3) is 0 Å². The van der Waals surface area contributed by atoms with Crippen molar-refractivity contribution in [1.29, 1.82) is 0 Å². The number of carbonyl (C=O) groups is 1. The Morgan fingerprint density at radius 2 is 1.65 bits per heavy atom. The third-order valence-corrected chi connectivity index (χ3v) is 3.54. The number of nitrogens with one attached hydrogen (secondary N) is 1. The second-order valence-corrected chi connectivity index (χ2v) is 5.08. The summed E-state index contributed by atoms with van der Waals surface area (Å²) in [5.41, 5.74) is 2.09. The minimum atomic E-state index is 0.122. The van der Waals surface area contributed by atoms with Crippen LogP contribution in [-0.4, -0.2) is 19.0 Å². The molecular weight excluding hydrogens is 248 g/mol. The van der Waals surface area contributed by atoms with Gasteiger partial charge in [-0.1, -0.05) is 26.2 Å². The molecule has 1 rings (SSSR count). The summed E-state index contributed by atoms with van der Waals surface area (Å²) in [5.74, 6) is 0.122. The third-order valence-electron chi connectivity index (χ3n) is 3.54. The first kappa shape index (κ1) is 16.5. The third kappa shape index (κ3) is 5.64. The van der Waals surface area contributed by atoms with Crippen molar-refractivity contribution in [1.82, 2.24) is 0 Å². The highest BCUT2D eigenvalue weighted by molar-refractivity contribution is 5.90. The molecule has 112 valence electrons. The van der Waals surface area contributed by atoms with Gasteiger partial charge in [0.2, 0.25) is 5.91 Å². The number of benzene rings is 1. The molecule has 0 aliphatic rings. The lowest BCUT2D eigenvalue weighted by Gasteiger charge is -2.21. The van der Waals surface area contributed by atoms with Crippen LogP contribution in [0.3, 0.4) is 0 Å². The van der Waals surface area contributed by atoms with Crippen LogP contribution >= 0.6 is 0 Å². The molecule has 0 aliphatic carbocycles. The summed E-state index contributed by atoms with van der Waals surface area (Å²) in [7, 11) is 0. The summed E-state index contributed by atoms with van der Waals surface area (Å²) in [5, 5.41) is 2.96. The van der Waals surface area contributed by atoms with E-state index in [9.17, 15) is 4.79 Å². The van der Waals surface area contributed by atoms with E-state index in [0.717, 1.165) is 31.6 Å². The maximum absolute atomic E-state index is 11.8. The summed E-state index contributed by atoms with van der Waals surface area (Å²) in [6, 6.07) is 8.11. The standard InChI is InChI=1S/C17H28N2O/c1-4-7-8-9-10-17(20)18-15-11-13-16(14-12-15)19(5-2)6-3/h11-14H,4-10H2,1-3H3,(H,18,20). The fourth-order valence-corrected chi connectivity index (χ4v) is 2.28. The van der Waals surface area contributed by atoms with Gasteiger partial charge in [0.15, 0.2) is 0 Å². The van der Waals surface area contributed by atoms with E-state index in [0.29, 0.717) is 6.42 Å². The van der Waals surface area contributed by atoms with Crippen LogP contribution in [0.5, 0.6) is 0 Å². The molecule has 0 bridgehead atoms. The topological polar surface area (TPSA) is 32.3 Å². The van der Waals surface area contributed by atoms with Gasteiger partial charge in [0.1, 0.15) is 0 Å². The number of carbonyl (C=O) groups excluding carboxylic acids is 1. The van der Waals surface area contributed by atoms with E-state index in [1.807, 2.05) is 12.1 Å². The Hall–Kier alpha value is -1.51. The molecule has 3 nitrogen and oxygen atoms in total. The molecule has 20 heavy (non-hydrogen) atoms. The van der Waals surface area contributed by atoms with Gasteiger partial charge in [-0.25, -0.2) is 0 Å². The lowest BCUT2D eigenvalue weighted by Crippen LogP contribution is -2.21. The first-order chi connectivity index (χ1) is 9.71. The molecule has 1 N–H and O–H groups in total. The minimum absolute atomic E-state index is 0.122. The van der Waals surface area contributed by atoms with Gasteiger partial charge in [-0.15, -0.1) is 0 Å². The van der Waals surface area contributed by atoms with E-state index in [-0.39, 0.29) is 5.91 Å². The number of anilines is 2. The van der Waals surface area contributed by atoms with Crippen molar-refractivity contribution in [3.63, 3.8) is 0 Å². The van der Waals surface area contributed by atoms with Crippen LogP contribution in [0, 0.1) is 0 Å². The average molecular weight is 276 g/mol. The second-order valence-electron chi connectivity index (χ2n) is 5.08. The Morgan fingerprint density at radius 3 is 2.20 bits per heavy atom. The Labute approximate surface area is 123 Å². The molecule has 0 atom stereocenters. The maximum atomic E-state index is 11.8. The van der Waals surface area contributed by atoms with Crippen molar-refractivity contribution >= 4 is 17.3 Å². The second kappa shape index (κ2) is 9.40. The van der Waals surface area contributed by atoms with Crippen molar-refractivity contribution in [3.8, 4) is 0 Å². The van der Waals surface area contributed by atoms with Gasteiger partial charge in [-0.05, 0) is 44.5 Å². The molecule has 0 spiro atoms. The van der Waals surface area contributed by atoms with Crippen LogP contribution in [0.2, 0.25) is 0 Å². The summed E-state index contributed by atoms with van der Waals surface area (Å²) < 4.78 is 0. The molecule has 0 saturated carbocycles. The van der Waals surface area contributed by atoms with Crippen LogP contribution in [-0.2, 0) is 4.79 Å². The molecular formula is C17H28N2O. The average Bonchev–Trinajstić information content (AvgIpc) is 2.47. The molecule has 0 unspecified atom stereocenters. The normalized spacial score (nSPS) is 10.3. The Kier molecular flexibility index (Phi) is 7.78. The lowest BCUT2D eigenvalue weighted by molar-refractivity contribution is -0.116.